The smallest absolute Gasteiger partial charge is 0.297 e. The number of benzene rings is 1. The molecule has 2 fully saturated rings. The summed E-state index contributed by atoms with van der Waals surface area (Å²) in [5.74, 6) is 0. The molecule has 2 aliphatic heterocycles. The van der Waals surface area contributed by atoms with Gasteiger partial charge in [-0.3, -0.25) is 4.18 Å². The highest BCUT2D eigenvalue weighted by molar-refractivity contribution is 7.86. The maximum absolute atomic E-state index is 12.2. The van der Waals surface area contributed by atoms with Crippen LogP contribution >= 0.6 is 0 Å². The number of hydrogen-bond donors (Lipinski definition) is 2. The van der Waals surface area contributed by atoms with Crippen LogP contribution in [-0.2, 0) is 23.8 Å². The number of rotatable bonds is 3. The lowest BCUT2D eigenvalue weighted by Gasteiger charge is -2.28. The zero-order valence-electron chi connectivity index (χ0n) is 11.2. The molecule has 7 nitrogen and oxygen atoms in total. The predicted octanol–water partition coefficient (Wildman–Crippen LogP) is -0.454. The summed E-state index contributed by atoms with van der Waals surface area (Å²) >= 11 is 0. The summed E-state index contributed by atoms with van der Waals surface area (Å²) in [5.41, 5.74) is 0.926. The first-order valence-electron chi connectivity index (χ1n) is 6.51. The highest BCUT2D eigenvalue weighted by atomic mass is 32.2. The van der Waals surface area contributed by atoms with Gasteiger partial charge in [0.25, 0.3) is 10.1 Å². The summed E-state index contributed by atoms with van der Waals surface area (Å²) in [4.78, 5) is 0.0169. The highest BCUT2D eigenvalue weighted by Gasteiger charge is 2.52. The molecule has 2 saturated heterocycles. The minimum atomic E-state index is -3.99. The van der Waals surface area contributed by atoms with Crippen LogP contribution in [0, 0.1) is 6.92 Å². The summed E-state index contributed by atoms with van der Waals surface area (Å²) in [6.07, 6.45) is -5.31. The molecule has 5 unspecified atom stereocenters. The van der Waals surface area contributed by atoms with E-state index >= 15 is 0 Å². The molecule has 0 aromatic heterocycles. The van der Waals surface area contributed by atoms with Gasteiger partial charge in [-0.15, -0.1) is 0 Å². The molecule has 0 aliphatic carbocycles. The van der Waals surface area contributed by atoms with Gasteiger partial charge in [0.2, 0.25) is 0 Å². The normalized spacial score (nSPS) is 35.9. The molecule has 5 atom stereocenters. The molecule has 0 radical (unpaired) electrons. The van der Waals surface area contributed by atoms with Crippen molar-refractivity contribution in [1.29, 1.82) is 0 Å². The summed E-state index contributed by atoms with van der Waals surface area (Å²) in [7, 11) is -3.99. The molecule has 2 N–H and O–H groups in total. The molecule has 2 aliphatic rings. The van der Waals surface area contributed by atoms with Gasteiger partial charge in [0.15, 0.2) is 6.29 Å². The third kappa shape index (κ3) is 2.70. The van der Waals surface area contributed by atoms with Crippen LogP contribution in [-0.4, -0.2) is 55.9 Å². The first kappa shape index (κ1) is 14.9. The fourth-order valence-corrected chi connectivity index (χ4v) is 3.48. The summed E-state index contributed by atoms with van der Waals surface area (Å²) in [6, 6.07) is 6.21. The SMILES string of the molecule is Cc1ccc(S(=O)(=O)OC2COC3OC2C(O)C3O)cc1. The van der Waals surface area contributed by atoms with Crippen LogP contribution in [0.2, 0.25) is 0 Å². The Morgan fingerprint density at radius 1 is 1.19 bits per heavy atom. The maximum Gasteiger partial charge on any atom is 0.297 e. The summed E-state index contributed by atoms with van der Waals surface area (Å²) in [5, 5.41) is 19.4. The Morgan fingerprint density at radius 3 is 2.52 bits per heavy atom. The maximum atomic E-state index is 12.2. The van der Waals surface area contributed by atoms with Crippen molar-refractivity contribution in [3.05, 3.63) is 29.8 Å². The van der Waals surface area contributed by atoms with Crippen LogP contribution in [0.25, 0.3) is 0 Å². The molecule has 116 valence electrons. The van der Waals surface area contributed by atoms with Crippen molar-refractivity contribution in [3.8, 4) is 0 Å². The van der Waals surface area contributed by atoms with E-state index in [-0.39, 0.29) is 11.5 Å². The van der Waals surface area contributed by atoms with Crippen LogP contribution in [0.1, 0.15) is 5.56 Å². The van der Waals surface area contributed by atoms with E-state index in [1.807, 2.05) is 6.92 Å². The Morgan fingerprint density at radius 2 is 1.86 bits per heavy atom. The zero-order chi connectivity index (χ0) is 15.2. The van der Waals surface area contributed by atoms with Gasteiger partial charge in [0.1, 0.15) is 24.4 Å². The Labute approximate surface area is 122 Å². The first-order valence-corrected chi connectivity index (χ1v) is 7.92. The van der Waals surface area contributed by atoms with E-state index in [4.69, 9.17) is 13.7 Å². The third-order valence-electron chi connectivity index (χ3n) is 3.61. The van der Waals surface area contributed by atoms with Gasteiger partial charge in [-0.1, -0.05) is 17.7 Å². The molecule has 0 amide bonds. The second-order valence-corrected chi connectivity index (χ2v) is 6.76. The zero-order valence-corrected chi connectivity index (χ0v) is 12.1. The average Bonchev–Trinajstić information content (AvgIpc) is 2.68. The van der Waals surface area contributed by atoms with Gasteiger partial charge in [0.05, 0.1) is 11.5 Å². The van der Waals surface area contributed by atoms with E-state index in [0.29, 0.717) is 0 Å². The van der Waals surface area contributed by atoms with Gasteiger partial charge >= 0.3 is 0 Å². The molecular weight excluding hydrogens is 300 g/mol. The summed E-state index contributed by atoms with van der Waals surface area (Å²) < 4.78 is 39.9. The van der Waals surface area contributed by atoms with E-state index in [1.165, 1.54) is 12.1 Å². The van der Waals surface area contributed by atoms with Crippen molar-refractivity contribution in [3.63, 3.8) is 0 Å². The fraction of sp³-hybridized carbons (Fsp3) is 0.538. The predicted molar refractivity (Wildman–Crippen MR) is 69.9 cm³/mol. The Balaban J connectivity index is 1.78. The molecule has 3 rings (SSSR count). The molecule has 1 aromatic carbocycles. The number of aliphatic hydroxyl groups excluding tert-OH is 2. The topological polar surface area (TPSA) is 102 Å². The van der Waals surface area contributed by atoms with Crippen molar-refractivity contribution in [2.75, 3.05) is 6.61 Å². The number of aliphatic hydroxyl groups is 2. The lowest BCUT2D eigenvalue weighted by molar-refractivity contribution is -0.228. The lowest BCUT2D eigenvalue weighted by atomic mass is 10.1. The highest BCUT2D eigenvalue weighted by Crippen LogP contribution is 2.32. The number of hydrogen-bond acceptors (Lipinski definition) is 7. The van der Waals surface area contributed by atoms with E-state index in [2.05, 4.69) is 0 Å². The Hall–Kier alpha value is -1.03. The number of fused-ring (bicyclic) bond motifs is 2. The Kier molecular flexibility index (Phi) is 3.76. The van der Waals surface area contributed by atoms with E-state index < -0.39 is 40.8 Å². The minimum absolute atomic E-state index is 0.0169. The van der Waals surface area contributed by atoms with Crippen LogP contribution in [0.5, 0.6) is 0 Å². The fourth-order valence-electron chi connectivity index (χ4n) is 2.41. The van der Waals surface area contributed by atoms with Gasteiger partial charge in [-0.25, -0.2) is 0 Å². The van der Waals surface area contributed by atoms with E-state index in [9.17, 15) is 18.6 Å². The second-order valence-electron chi connectivity index (χ2n) is 5.19. The summed E-state index contributed by atoms with van der Waals surface area (Å²) in [6.45, 7) is 1.77. The van der Waals surface area contributed by atoms with Crippen LogP contribution in [0.3, 0.4) is 0 Å². The van der Waals surface area contributed by atoms with Crippen molar-refractivity contribution < 1.29 is 32.3 Å². The molecule has 2 heterocycles. The quantitative estimate of drug-likeness (QED) is 0.728. The van der Waals surface area contributed by atoms with Crippen LogP contribution in [0.15, 0.2) is 29.2 Å². The standard InChI is InChI=1S/C13H16O7S/c1-7-2-4-8(5-3-7)21(16,17)20-9-6-18-13-11(15)10(14)12(9)19-13/h2-5,9-15H,6H2,1H3. The molecule has 0 spiro atoms. The largest absolute Gasteiger partial charge is 0.387 e. The van der Waals surface area contributed by atoms with E-state index in [1.54, 1.807) is 12.1 Å². The Bertz CT molecular complexity index is 612. The molecular formula is C13H16O7S. The van der Waals surface area contributed by atoms with Crippen molar-refractivity contribution in [1.82, 2.24) is 0 Å². The van der Waals surface area contributed by atoms with E-state index in [0.717, 1.165) is 5.56 Å². The van der Waals surface area contributed by atoms with Crippen molar-refractivity contribution >= 4 is 10.1 Å². The van der Waals surface area contributed by atoms with Crippen LogP contribution < -0.4 is 0 Å². The molecule has 0 saturated carbocycles. The monoisotopic (exact) mass is 316 g/mol. The van der Waals surface area contributed by atoms with Crippen molar-refractivity contribution in [2.24, 2.45) is 0 Å². The lowest BCUT2D eigenvalue weighted by Crippen LogP contribution is -2.44. The molecule has 8 heteroatoms. The van der Waals surface area contributed by atoms with Gasteiger partial charge in [0, 0.05) is 0 Å². The molecule has 2 bridgehead atoms. The third-order valence-corrected chi connectivity index (χ3v) is 4.96. The van der Waals surface area contributed by atoms with Crippen LogP contribution in [0.4, 0.5) is 0 Å². The number of ether oxygens (including phenoxy) is 2. The molecule has 21 heavy (non-hydrogen) atoms. The van der Waals surface area contributed by atoms with Gasteiger partial charge < -0.3 is 19.7 Å². The minimum Gasteiger partial charge on any atom is -0.387 e. The van der Waals surface area contributed by atoms with Gasteiger partial charge in [-0.05, 0) is 19.1 Å². The van der Waals surface area contributed by atoms with Crippen molar-refractivity contribution in [2.45, 2.75) is 42.5 Å². The van der Waals surface area contributed by atoms with Gasteiger partial charge in [-0.2, -0.15) is 8.42 Å². The average molecular weight is 316 g/mol. The second kappa shape index (κ2) is 5.31. The number of aryl methyl sites for hydroxylation is 1. The first-order chi connectivity index (χ1) is 9.88. The molecule has 1 aromatic rings.